The molecular weight excluding hydrogens is 352 g/mol. The second-order valence-electron chi connectivity index (χ2n) is 5.34. The smallest absolute Gasteiger partial charge is 0.292 e. The minimum atomic E-state index is -0.401. The molecule has 8 heteroatoms. The predicted molar refractivity (Wildman–Crippen MR) is 99.2 cm³/mol. The van der Waals surface area contributed by atoms with Crippen molar-refractivity contribution in [3.63, 3.8) is 0 Å². The maximum Gasteiger partial charge on any atom is 0.292 e. The normalized spacial score (nSPS) is 10.3. The monoisotopic (exact) mass is 368 g/mol. The summed E-state index contributed by atoms with van der Waals surface area (Å²) in [5.41, 5.74) is 1.79. The summed E-state index contributed by atoms with van der Waals surface area (Å²) in [4.78, 5) is 23.9. The Morgan fingerprint density at radius 1 is 1.04 bits per heavy atom. The lowest BCUT2D eigenvalue weighted by Crippen LogP contribution is -2.15. The number of hydrogen-bond acceptors (Lipinski definition) is 6. The first kappa shape index (κ1) is 17.7. The Morgan fingerprint density at radius 2 is 1.88 bits per heavy atom. The molecular formula is C18H16N4O3S. The van der Waals surface area contributed by atoms with Crippen LogP contribution < -0.4 is 10.6 Å². The summed E-state index contributed by atoms with van der Waals surface area (Å²) in [6.45, 7) is 1.93. The number of hydrogen-bond donors (Lipinski definition) is 2. The molecule has 0 fully saturated rings. The fourth-order valence-electron chi connectivity index (χ4n) is 2.09. The van der Waals surface area contributed by atoms with Crippen molar-refractivity contribution in [2.45, 2.75) is 11.9 Å². The van der Waals surface area contributed by atoms with Crippen molar-refractivity contribution in [2.75, 3.05) is 16.4 Å². The highest BCUT2D eigenvalue weighted by Crippen LogP contribution is 2.18. The average Bonchev–Trinajstić information content (AvgIpc) is 3.18. The van der Waals surface area contributed by atoms with Gasteiger partial charge < -0.3 is 15.1 Å². The molecule has 2 aromatic heterocycles. The zero-order valence-electron chi connectivity index (χ0n) is 13.9. The highest BCUT2D eigenvalue weighted by Gasteiger charge is 2.10. The summed E-state index contributed by atoms with van der Waals surface area (Å²) in [6.07, 6.45) is 1.42. The summed E-state index contributed by atoms with van der Waals surface area (Å²) >= 11 is 1.26. The fraction of sp³-hybridized carbons (Fsp3) is 0.111. The SMILES string of the molecule is Cc1ccccc1NC(=O)CSc1ccc(NC(=O)c2ccco2)nn1. The Labute approximate surface area is 154 Å². The molecule has 1 aromatic carbocycles. The van der Waals surface area contributed by atoms with Crippen LogP contribution in [-0.4, -0.2) is 27.8 Å². The van der Waals surface area contributed by atoms with Gasteiger partial charge >= 0.3 is 0 Å². The van der Waals surface area contributed by atoms with Gasteiger partial charge in [0.15, 0.2) is 11.6 Å². The topological polar surface area (TPSA) is 97.1 Å². The summed E-state index contributed by atoms with van der Waals surface area (Å²) < 4.78 is 5.00. The first-order chi connectivity index (χ1) is 12.6. The van der Waals surface area contributed by atoms with E-state index in [0.717, 1.165) is 11.3 Å². The van der Waals surface area contributed by atoms with Gasteiger partial charge in [-0.05, 0) is 42.8 Å². The quantitative estimate of drug-likeness (QED) is 0.648. The van der Waals surface area contributed by atoms with Gasteiger partial charge in [0, 0.05) is 5.69 Å². The van der Waals surface area contributed by atoms with Gasteiger partial charge in [-0.2, -0.15) is 0 Å². The van der Waals surface area contributed by atoms with Gasteiger partial charge in [0.1, 0.15) is 5.03 Å². The fourth-order valence-corrected chi connectivity index (χ4v) is 2.70. The van der Waals surface area contributed by atoms with Crippen LogP contribution in [0.4, 0.5) is 11.5 Å². The minimum Gasteiger partial charge on any atom is -0.459 e. The number of rotatable bonds is 6. The number of nitrogens with one attached hydrogen (secondary N) is 2. The number of nitrogens with zero attached hydrogens (tertiary/aromatic N) is 2. The van der Waals surface area contributed by atoms with Gasteiger partial charge in [-0.1, -0.05) is 30.0 Å². The molecule has 0 aliphatic rings. The maximum absolute atomic E-state index is 12.0. The molecule has 0 aliphatic heterocycles. The number of amides is 2. The van der Waals surface area contributed by atoms with E-state index in [1.165, 1.54) is 18.0 Å². The lowest BCUT2D eigenvalue weighted by atomic mass is 10.2. The molecule has 0 radical (unpaired) electrons. The Balaban J connectivity index is 1.50. The van der Waals surface area contributed by atoms with Crippen LogP contribution in [0.15, 0.2) is 64.2 Å². The number of aromatic nitrogens is 2. The van der Waals surface area contributed by atoms with Crippen LogP contribution >= 0.6 is 11.8 Å². The standard InChI is InChI=1S/C18H16N4O3S/c1-12-5-2-3-6-13(12)19-16(23)11-26-17-9-8-15(21-22-17)20-18(24)14-7-4-10-25-14/h2-10H,11H2,1H3,(H,19,23)(H,20,21,24). The summed E-state index contributed by atoms with van der Waals surface area (Å²) in [7, 11) is 0. The van der Waals surface area contributed by atoms with Crippen molar-refractivity contribution in [1.29, 1.82) is 0 Å². The highest BCUT2D eigenvalue weighted by atomic mass is 32.2. The molecule has 0 atom stereocenters. The number of carbonyl (C=O) groups excluding carboxylic acids is 2. The van der Waals surface area contributed by atoms with Gasteiger partial charge in [-0.25, -0.2) is 0 Å². The van der Waals surface area contributed by atoms with Crippen LogP contribution in [0.25, 0.3) is 0 Å². The second kappa shape index (κ2) is 8.30. The van der Waals surface area contributed by atoms with Crippen molar-refractivity contribution in [3.05, 3.63) is 66.1 Å². The van der Waals surface area contributed by atoms with Gasteiger partial charge in [-0.3, -0.25) is 9.59 Å². The first-order valence-corrected chi connectivity index (χ1v) is 8.77. The number of thioether (sulfide) groups is 1. The van der Waals surface area contributed by atoms with E-state index in [0.29, 0.717) is 10.8 Å². The average molecular weight is 368 g/mol. The molecule has 0 saturated carbocycles. The van der Waals surface area contributed by atoms with E-state index in [1.54, 1.807) is 24.3 Å². The molecule has 0 saturated heterocycles. The van der Waals surface area contributed by atoms with Gasteiger partial charge in [0.2, 0.25) is 5.91 Å². The van der Waals surface area contributed by atoms with E-state index in [9.17, 15) is 9.59 Å². The molecule has 0 spiro atoms. The summed E-state index contributed by atoms with van der Waals surface area (Å²) in [6, 6.07) is 14.1. The Hall–Kier alpha value is -3.13. The summed E-state index contributed by atoms with van der Waals surface area (Å²) in [5, 5.41) is 13.9. The molecule has 26 heavy (non-hydrogen) atoms. The highest BCUT2D eigenvalue weighted by molar-refractivity contribution is 7.99. The van der Waals surface area contributed by atoms with E-state index in [-0.39, 0.29) is 17.4 Å². The number of aryl methyl sites for hydroxylation is 1. The van der Waals surface area contributed by atoms with Gasteiger partial charge in [0.25, 0.3) is 5.91 Å². The van der Waals surface area contributed by atoms with Crippen LogP contribution in [0.5, 0.6) is 0 Å². The molecule has 2 heterocycles. The molecule has 3 aromatic rings. The number of benzene rings is 1. The number of furan rings is 1. The molecule has 0 aliphatic carbocycles. The Kier molecular flexibility index (Phi) is 5.65. The molecule has 2 amide bonds. The van der Waals surface area contributed by atoms with Crippen molar-refractivity contribution in [2.24, 2.45) is 0 Å². The minimum absolute atomic E-state index is 0.124. The molecule has 7 nitrogen and oxygen atoms in total. The van der Waals surface area contributed by atoms with E-state index in [1.807, 2.05) is 31.2 Å². The third-order valence-electron chi connectivity index (χ3n) is 3.40. The third-order valence-corrected chi connectivity index (χ3v) is 4.32. The summed E-state index contributed by atoms with van der Waals surface area (Å²) in [5.74, 6) is 0.183. The van der Waals surface area contributed by atoms with Gasteiger partial charge in [-0.15, -0.1) is 10.2 Å². The molecule has 2 N–H and O–H groups in total. The van der Waals surface area contributed by atoms with Crippen LogP contribution in [0.2, 0.25) is 0 Å². The largest absolute Gasteiger partial charge is 0.459 e. The maximum atomic E-state index is 12.0. The van der Waals surface area contributed by atoms with E-state index >= 15 is 0 Å². The Bertz CT molecular complexity index is 895. The second-order valence-corrected chi connectivity index (χ2v) is 6.34. The van der Waals surface area contributed by atoms with Crippen molar-refractivity contribution in [1.82, 2.24) is 10.2 Å². The molecule has 132 valence electrons. The number of carbonyl (C=O) groups is 2. The first-order valence-electron chi connectivity index (χ1n) is 7.79. The molecule has 0 unspecified atom stereocenters. The zero-order chi connectivity index (χ0) is 18.4. The lowest BCUT2D eigenvalue weighted by Gasteiger charge is -2.07. The van der Waals surface area contributed by atoms with Crippen LogP contribution in [0.1, 0.15) is 16.1 Å². The van der Waals surface area contributed by atoms with Crippen molar-refractivity contribution < 1.29 is 14.0 Å². The molecule has 0 bridgehead atoms. The Morgan fingerprint density at radius 3 is 2.58 bits per heavy atom. The third kappa shape index (κ3) is 4.70. The molecule has 3 rings (SSSR count). The van der Waals surface area contributed by atoms with Crippen LogP contribution in [-0.2, 0) is 4.79 Å². The van der Waals surface area contributed by atoms with Gasteiger partial charge in [0.05, 0.1) is 12.0 Å². The number of para-hydroxylation sites is 1. The number of anilines is 2. The van der Waals surface area contributed by atoms with E-state index < -0.39 is 5.91 Å². The van der Waals surface area contributed by atoms with Crippen molar-refractivity contribution >= 4 is 35.1 Å². The van der Waals surface area contributed by atoms with Crippen LogP contribution in [0, 0.1) is 6.92 Å². The predicted octanol–water partition coefficient (Wildman–Crippen LogP) is 3.36. The van der Waals surface area contributed by atoms with Crippen molar-refractivity contribution in [3.8, 4) is 0 Å². The van der Waals surface area contributed by atoms with E-state index in [4.69, 9.17) is 4.42 Å². The lowest BCUT2D eigenvalue weighted by molar-refractivity contribution is -0.113. The zero-order valence-corrected chi connectivity index (χ0v) is 14.7. The van der Waals surface area contributed by atoms with Crippen LogP contribution in [0.3, 0.4) is 0 Å². The van der Waals surface area contributed by atoms with E-state index in [2.05, 4.69) is 20.8 Å².